The molecule has 1 aliphatic rings. The van der Waals surface area contributed by atoms with E-state index in [4.69, 9.17) is 15.2 Å². The molecule has 4 nitrogen and oxygen atoms in total. The highest BCUT2D eigenvalue weighted by molar-refractivity contribution is 4.80. The molecule has 3 unspecified atom stereocenters. The van der Waals surface area contributed by atoms with Gasteiger partial charge in [0.05, 0.1) is 13.2 Å². The van der Waals surface area contributed by atoms with Crippen LogP contribution in [0.2, 0.25) is 0 Å². The predicted octanol–water partition coefficient (Wildman–Crippen LogP) is 1.10. The third kappa shape index (κ3) is 4.92. The Morgan fingerprint density at radius 3 is 2.88 bits per heavy atom. The van der Waals surface area contributed by atoms with Crippen molar-refractivity contribution in [1.29, 1.82) is 0 Å². The zero-order valence-corrected chi connectivity index (χ0v) is 11.5. The van der Waals surface area contributed by atoms with Crippen molar-refractivity contribution in [2.75, 3.05) is 40.0 Å². The minimum absolute atomic E-state index is 0.290. The zero-order valence-electron chi connectivity index (χ0n) is 11.5. The molecule has 0 aromatic heterocycles. The fourth-order valence-electron chi connectivity index (χ4n) is 2.26. The van der Waals surface area contributed by atoms with Gasteiger partial charge in [0, 0.05) is 44.8 Å². The second-order valence-electron chi connectivity index (χ2n) is 5.03. The Labute approximate surface area is 105 Å². The van der Waals surface area contributed by atoms with Gasteiger partial charge in [-0.3, -0.25) is 4.90 Å². The van der Waals surface area contributed by atoms with Gasteiger partial charge in [0.2, 0.25) is 0 Å². The maximum atomic E-state index is 6.16. The van der Waals surface area contributed by atoms with Crippen molar-refractivity contribution in [3.63, 3.8) is 0 Å². The lowest BCUT2D eigenvalue weighted by molar-refractivity contribution is 0.0149. The first-order valence-corrected chi connectivity index (χ1v) is 6.75. The van der Waals surface area contributed by atoms with Crippen molar-refractivity contribution in [2.45, 2.75) is 38.8 Å². The molecule has 0 radical (unpaired) electrons. The predicted molar refractivity (Wildman–Crippen MR) is 70.1 cm³/mol. The summed E-state index contributed by atoms with van der Waals surface area (Å²) in [7, 11) is 1.75. The van der Waals surface area contributed by atoms with Crippen molar-refractivity contribution < 1.29 is 9.47 Å². The molecule has 17 heavy (non-hydrogen) atoms. The van der Waals surface area contributed by atoms with E-state index in [1.54, 1.807) is 7.11 Å². The Bertz CT molecular complexity index is 202. The molecule has 0 amide bonds. The van der Waals surface area contributed by atoms with Gasteiger partial charge in [0.25, 0.3) is 0 Å². The minimum atomic E-state index is 0.290. The van der Waals surface area contributed by atoms with E-state index in [9.17, 15) is 0 Å². The van der Waals surface area contributed by atoms with Crippen LogP contribution in [-0.4, -0.2) is 57.0 Å². The topological polar surface area (TPSA) is 47.7 Å². The summed E-state index contributed by atoms with van der Waals surface area (Å²) in [6.45, 7) is 8.91. The van der Waals surface area contributed by atoms with Gasteiger partial charge in [0.15, 0.2) is 0 Å². The van der Waals surface area contributed by atoms with Crippen LogP contribution in [0.1, 0.15) is 26.7 Å². The summed E-state index contributed by atoms with van der Waals surface area (Å²) < 4.78 is 10.7. The standard InChI is InChI=1S/C13H28N2O2/c1-4-11(2)15(6-8-16-3)9-12-10-17-7-5-13(12)14/h11-13H,4-10,14H2,1-3H3. The Hall–Kier alpha value is -0.160. The van der Waals surface area contributed by atoms with Gasteiger partial charge >= 0.3 is 0 Å². The van der Waals surface area contributed by atoms with Gasteiger partial charge in [0.1, 0.15) is 0 Å². The smallest absolute Gasteiger partial charge is 0.0589 e. The third-order valence-electron chi connectivity index (χ3n) is 3.80. The lowest BCUT2D eigenvalue weighted by atomic mass is 9.95. The summed E-state index contributed by atoms with van der Waals surface area (Å²) in [6, 6.07) is 0.872. The summed E-state index contributed by atoms with van der Waals surface area (Å²) in [5.74, 6) is 0.467. The van der Waals surface area contributed by atoms with Crippen molar-refractivity contribution in [3.05, 3.63) is 0 Å². The fourth-order valence-corrected chi connectivity index (χ4v) is 2.26. The summed E-state index contributed by atoms with van der Waals surface area (Å²) in [5, 5.41) is 0. The first-order valence-electron chi connectivity index (χ1n) is 6.75. The highest BCUT2D eigenvalue weighted by Gasteiger charge is 2.26. The molecule has 0 aromatic rings. The lowest BCUT2D eigenvalue weighted by Gasteiger charge is -2.36. The highest BCUT2D eigenvalue weighted by Crippen LogP contribution is 2.16. The van der Waals surface area contributed by atoms with Crippen molar-refractivity contribution in [3.8, 4) is 0 Å². The Morgan fingerprint density at radius 2 is 2.29 bits per heavy atom. The highest BCUT2D eigenvalue weighted by atomic mass is 16.5. The van der Waals surface area contributed by atoms with Crippen LogP contribution in [0.3, 0.4) is 0 Å². The van der Waals surface area contributed by atoms with Crippen molar-refractivity contribution in [1.82, 2.24) is 4.90 Å². The number of ether oxygens (including phenoxy) is 2. The van der Waals surface area contributed by atoms with E-state index in [-0.39, 0.29) is 6.04 Å². The second kappa shape index (κ2) is 8.03. The SMILES string of the molecule is CCC(C)N(CCOC)CC1COCCC1N. The summed E-state index contributed by atoms with van der Waals surface area (Å²) in [5.41, 5.74) is 6.16. The molecule has 0 spiro atoms. The van der Waals surface area contributed by atoms with E-state index in [1.165, 1.54) is 0 Å². The average Bonchev–Trinajstić information content (AvgIpc) is 2.35. The molecule has 0 aliphatic carbocycles. The quantitative estimate of drug-likeness (QED) is 0.728. The fraction of sp³-hybridized carbons (Fsp3) is 1.00. The molecular formula is C13H28N2O2. The van der Waals surface area contributed by atoms with Crippen molar-refractivity contribution in [2.24, 2.45) is 11.7 Å². The van der Waals surface area contributed by atoms with E-state index in [1.807, 2.05) is 0 Å². The van der Waals surface area contributed by atoms with E-state index in [2.05, 4.69) is 18.7 Å². The first kappa shape index (κ1) is 14.9. The largest absolute Gasteiger partial charge is 0.383 e. The molecule has 1 fully saturated rings. The molecule has 4 heteroatoms. The van der Waals surface area contributed by atoms with Crippen LogP contribution in [-0.2, 0) is 9.47 Å². The molecule has 0 bridgehead atoms. The molecule has 1 aliphatic heterocycles. The summed E-state index contributed by atoms with van der Waals surface area (Å²) in [4.78, 5) is 2.47. The van der Waals surface area contributed by atoms with E-state index in [0.717, 1.165) is 45.8 Å². The van der Waals surface area contributed by atoms with Gasteiger partial charge in [-0.25, -0.2) is 0 Å². The molecule has 102 valence electrons. The number of rotatable bonds is 7. The average molecular weight is 244 g/mol. The molecule has 2 N–H and O–H groups in total. The number of nitrogens with two attached hydrogens (primary N) is 1. The van der Waals surface area contributed by atoms with Gasteiger partial charge in [-0.1, -0.05) is 6.92 Å². The minimum Gasteiger partial charge on any atom is -0.383 e. The van der Waals surface area contributed by atoms with Crippen LogP contribution in [0, 0.1) is 5.92 Å². The second-order valence-corrected chi connectivity index (χ2v) is 5.03. The Kier molecular flexibility index (Phi) is 7.04. The lowest BCUT2D eigenvalue weighted by Crippen LogP contribution is -2.48. The van der Waals surface area contributed by atoms with Gasteiger partial charge in [-0.05, 0) is 19.8 Å². The first-order chi connectivity index (χ1) is 8.19. The maximum absolute atomic E-state index is 6.16. The van der Waals surface area contributed by atoms with E-state index < -0.39 is 0 Å². The van der Waals surface area contributed by atoms with E-state index >= 15 is 0 Å². The maximum Gasteiger partial charge on any atom is 0.0589 e. The zero-order chi connectivity index (χ0) is 12.7. The van der Waals surface area contributed by atoms with Gasteiger partial charge in [-0.2, -0.15) is 0 Å². The van der Waals surface area contributed by atoms with Crippen LogP contribution >= 0.6 is 0 Å². The molecule has 3 atom stereocenters. The number of hydrogen-bond acceptors (Lipinski definition) is 4. The van der Waals surface area contributed by atoms with Crippen LogP contribution < -0.4 is 5.73 Å². The number of hydrogen-bond donors (Lipinski definition) is 1. The molecule has 1 heterocycles. The van der Waals surface area contributed by atoms with Crippen molar-refractivity contribution >= 4 is 0 Å². The molecule has 0 saturated carbocycles. The van der Waals surface area contributed by atoms with Crippen LogP contribution in [0.4, 0.5) is 0 Å². The van der Waals surface area contributed by atoms with Crippen LogP contribution in [0.5, 0.6) is 0 Å². The number of nitrogens with zero attached hydrogens (tertiary/aromatic N) is 1. The third-order valence-corrected chi connectivity index (χ3v) is 3.80. The van der Waals surface area contributed by atoms with E-state index in [0.29, 0.717) is 12.0 Å². The monoisotopic (exact) mass is 244 g/mol. The van der Waals surface area contributed by atoms with Crippen LogP contribution in [0.15, 0.2) is 0 Å². The molecular weight excluding hydrogens is 216 g/mol. The number of methoxy groups -OCH3 is 1. The normalized spacial score (nSPS) is 27.4. The molecule has 0 aromatic carbocycles. The van der Waals surface area contributed by atoms with Crippen LogP contribution in [0.25, 0.3) is 0 Å². The van der Waals surface area contributed by atoms with Gasteiger partial charge in [-0.15, -0.1) is 0 Å². The Balaban J connectivity index is 2.45. The molecule has 1 rings (SSSR count). The molecule has 1 saturated heterocycles. The summed E-state index contributed by atoms with van der Waals surface area (Å²) in [6.07, 6.45) is 2.15. The van der Waals surface area contributed by atoms with Gasteiger partial charge < -0.3 is 15.2 Å². The Morgan fingerprint density at radius 1 is 1.53 bits per heavy atom. The summed E-state index contributed by atoms with van der Waals surface area (Å²) >= 11 is 0.